The van der Waals surface area contributed by atoms with Crippen molar-refractivity contribution in [2.24, 2.45) is 0 Å². The molecule has 5 heterocycles. The van der Waals surface area contributed by atoms with E-state index in [-0.39, 0.29) is 0 Å². The van der Waals surface area contributed by atoms with Crippen molar-refractivity contribution in [2.75, 3.05) is 0 Å². The molecule has 0 saturated carbocycles. The maximum Gasteiger partial charge on any atom is 0.171 e. The van der Waals surface area contributed by atoms with Crippen LogP contribution in [0.5, 0.6) is 0 Å². The van der Waals surface area contributed by atoms with Crippen LogP contribution in [0.4, 0.5) is 0 Å². The van der Waals surface area contributed by atoms with E-state index < -0.39 is 12.6 Å². The number of para-hydroxylation sites is 1. The van der Waals surface area contributed by atoms with Gasteiger partial charge in [-0.05, 0) is 106 Å². The van der Waals surface area contributed by atoms with Gasteiger partial charge in [0.1, 0.15) is 11.2 Å². The summed E-state index contributed by atoms with van der Waals surface area (Å²) in [6, 6.07) is 65.4. The Morgan fingerprint density at radius 3 is 1.85 bits per heavy atom. The molecule has 59 heavy (non-hydrogen) atoms. The van der Waals surface area contributed by atoms with Gasteiger partial charge in [-0.15, -0.1) is 0 Å². The number of fused-ring (bicyclic) bond motifs is 11. The minimum absolute atomic E-state index is 0.737. The number of nitrogens with zero attached hydrogens (tertiary/aromatic N) is 2. The van der Waals surface area contributed by atoms with Crippen molar-refractivity contribution < 1.29 is 8.98 Å². The third-order valence-electron chi connectivity index (χ3n) is 12.1. The van der Waals surface area contributed by atoms with E-state index in [4.69, 9.17) is 14.4 Å². The average molecular weight is 793 g/mol. The van der Waals surface area contributed by atoms with Gasteiger partial charge in [-0.3, -0.25) is 9.97 Å². The van der Waals surface area contributed by atoms with Crippen LogP contribution in [-0.2, 0) is 9.98 Å². The van der Waals surface area contributed by atoms with Gasteiger partial charge in [-0.1, -0.05) is 127 Å². The first-order valence-corrected chi connectivity index (χ1v) is 22.3. The summed E-state index contributed by atoms with van der Waals surface area (Å²) < 4.78 is 23.0. The van der Waals surface area contributed by atoms with E-state index in [1.54, 1.807) is 11.8 Å². The quantitative estimate of drug-likeness (QED) is 0.166. The highest BCUT2D eigenvalue weighted by atomic mass is 32.2. The lowest BCUT2D eigenvalue weighted by atomic mass is 9.64. The van der Waals surface area contributed by atoms with Crippen molar-refractivity contribution in [1.29, 1.82) is 0 Å². The standard InChI is InChI=1S/C53H33N2O2PS/c56-58(38-14-2-1-3-15-38)49-22-8-5-17-41(49)53(44-32-40-39-16-4-7-21-47(39)57-48(40)33-50(44)58)42-18-6-9-23-51(42)59-52-31-34(24-25-43(52)53)35-28-36(45-19-10-12-26-54-45)30-37(29-35)46-20-11-13-27-55-46/h1-33H. The summed E-state index contributed by atoms with van der Waals surface area (Å²) in [5.74, 6) is 0. The smallest absolute Gasteiger partial charge is 0.171 e. The van der Waals surface area contributed by atoms with Crippen LogP contribution in [0.15, 0.2) is 215 Å². The fourth-order valence-corrected chi connectivity index (χ4v) is 13.9. The third-order valence-corrected chi connectivity index (χ3v) is 16.4. The number of aromatic nitrogens is 2. The largest absolute Gasteiger partial charge is 0.456 e. The number of hydrogen-bond donors (Lipinski definition) is 0. The van der Waals surface area contributed by atoms with Gasteiger partial charge < -0.3 is 8.98 Å². The lowest BCUT2D eigenvalue weighted by Gasteiger charge is -2.47. The van der Waals surface area contributed by atoms with Gasteiger partial charge in [-0.2, -0.15) is 0 Å². The molecule has 2 aliphatic rings. The van der Waals surface area contributed by atoms with Gasteiger partial charge in [0.15, 0.2) is 7.14 Å². The number of benzene rings is 7. The first-order chi connectivity index (χ1) is 29.1. The highest BCUT2D eigenvalue weighted by Crippen LogP contribution is 2.62. The Morgan fingerprint density at radius 1 is 0.441 bits per heavy atom. The van der Waals surface area contributed by atoms with Crippen LogP contribution in [0, 0.1) is 0 Å². The fourth-order valence-electron chi connectivity index (χ4n) is 9.54. The highest BCUT2D eigenvalue weighted by Gasteiger charge is 2.54. The average Bonchev–Trinajstić information content (AvgIpc) is 3.68. The first-order valence-electron chi connectivity index (χ1n) is 19.7. The second kappa shape index (κ2) is 13.1. The van der Waals surface area contributed by atoms with Gasteiger partial charge in [0.25, 0.3) is 0 Å². The number of pyridine rings is 2. The molecule has 10 aromatic rings. The molecular formula is C53H33N2O2PS. The molecule has 0 amide bonds. The zero-order valence-corrected chi connectivity index (χ0v) is 33.3. The Bertz CT molecular complexity index is 3290. The van der Waals surface area contributed by atoms with Gasteiger partial charge in [0.2, 0.25) is 0 Å². The SMILES string of the molecule is O=P1(c2ccccc2)c2ccccc2C2(c3ccccc3Sc3cc(-c4cc(-c5ccccn5)cc(-c5ccccn5)c4)ccc32)c2cc3c(cc21)oc1ccccc13. The third kappa shape index (κ3) is 5.02. The summed E-state index contributed by atoms with van der Waals surface area (Å²) in [5, 5.41) is 4.53. The predicted octanol–water partition coefficient (Wildman–Crippen LogP) is 12.2. The van der Waals surface area contributed by atoms with Crippen molar-refractivity contribution >= 4 is 56.8 Å². The maximum atomic E-state index is 16.5. The molecule has 2 atom stereocenters. The molecule has 0 bridgehead atoms. The summed E-state index contributed by atoms with van der Waals surface area (Å²) in [7, 11) is -3.42. The normalized spacial score (nSPS) is 17.6. The molecular weight excluding hydrogens is 760 g/mol. The van der Waals surface area contributed by atoms with Crippen molar-refractivity contribution in [1.82, 2.24) is 9.97 Å². The minimum Gasteiger partial charge on any atom is -0.456 e. The molecule has 0 N–H and O–H groups in total. The molecule has 0 aliphatic carbocycles. The summed E-state index contributed by atoms with van der Waals surface area (Å²) in [4.78, 5) is 11.8. The van der Waals surface area contributed by atoms with E-state index in [0.717, 1.165) is 93.1 Å². The van der Waals surface area contributed by atoms with E-state index in [0.29, 0.717) is 0 Å². The molecule has 0 saturated heterocycles. The fraction of sp³-hybridized carbons (Fsp3) is 0.0189. The van der Waals surface area contributed by atoms with E-state index in [1.165, 1.54) is 10.5 Å². The Balaban J connectivity index is 1.17. The van der Waals surface area contributed by atoms with Crippen LogP contribution in [0.3, 0.4) is 0 Å². The van der Waals surface area contributed by atoms with E-state index in [2.05, 4.69) is 115 Å². The topological polar surface area (TPSA) is 56.0 Å². The van der Waals surface area contributed by atoms with Gasteiger partial charge in [-0.25, -0.2) is 0 Å². The molecule has 0 radical (unpaired) electrons. The molecule has 6 heteroatoms. The molecule has 1 spiro atoms. The summed E-state index contributed by atoms with van der Waals surface area (Å²) in [6.45, 7) is 0. The van der Waals surface area contributed by atoms with Crippen molar-refractivity contribution in [2.45, 2.75) is 15.2 Å². The maximum absolute atomic E-state index is 16.5. The summed E-state index contributed by atoms with van der Waals surface area (Å²) in [6.07, 6.45) is 3.68. The zero-order chi connectivity index (χ0) is 39.1. The lowest BCUT2D eigenvalue weighted by Crippen LogP contribution is -2.48. The Labute approximate surface area is 345 Å². The molecule has 3 aromatic heterocycles. The molecule has 7 aromatic carbocycles. The lowest BCUT2D eigenvalue weighted by molar-refractivity contribution is 0.589. The molecule has 2 unspecified atom stereocenters. The molecule has 4 nitrogen and oxygen atoms in total. The highest BCUT2D eigenvalue weighted by molar-refractivity contribution is 7.99. The first kappa shape index (κ1) is 34.3. The number of rotatable bonds is 4. The van der Waals surface area contributed by atoms with Crippen LogP contribution in [0.1, 0.15) is 22.3 Å². The molecule has 2 aliphatic heterocycles. The van der Waals surface area contributed by atoms with E-state index >= 15 is 4.57 Å². The molecule has 278 valence electrons. The Kier molecular flexibility index (Phi) is 7.62. The number of hydrogen-bond acceptors (Lipinski definition) is 5. The number of furan rings is 1. The van der Waals surface area contributed by atoms with Crippen molar-refractivity contribution in [3.63, 3.8) is 0 Å². The van der Waals surface area contributed by atoms with Crippen LogP contribution in [0.2, 0.25) is 0 Å². The monoisotopic (exact) mass is 792 g/mol. The van der Waals surface area contributed by atoms with Crippen LogP contribution in [-0.4, -0.2) is 9.97 Å². The van der Waals surface area contributed by atoms with Gasteiger partial charge in [0, 0.05) is 60.0 Å². The summed E-state index contributed by atoms with van der Waals surface area (Å²) >= 11 is 1.80. The molecule has 12 rings (SSSR count). The second-order valence-corrected chi connectivity index (χ2v) is 19.0. The summed E-state index contributed by atoms with van der Waals surface area (Å²) in [5.41, 5.74) is 11.2. The minimum atomic E-state index is -3.42. The van der Waals surface area contributed by atoms with Gasteiger partial charge in [0.05, 0.1) is 16.8 Å². The predicted molar refractivity (Wildman–Crippen MR) is 241 cm³/mol. The van der Waals surface area contributed by atoms with Crippen LogP contribution in [0.25, 0.3) is 55.6 Å². The van der Waals surface area contributed by atoms with Crippen LogP contribution < -0.4 is 15.9 Å². The van der Waals surface area contributed by atoms with Crippen molar-refractivity contribution in [3.05, 3.63) is 223 Å². The van der Waals surface area contributed by atoms with Gasteiger partial charge >= 0.3 is 0 Å². The Morgan fingerprint density at radius 2 is 1.08 bits per heavy atom. The Hall–Kier alpha value is -6.78. The van der Waals surface area contributed by atoms with Crippen LogP contribution >= 0.6 is 18.9 Å². The zero-order valence-electron chi connectivity index (χ0n) is 31.6. The van der Waals surface area contributed by atoms with E-state index in [1.807, 2.05) is 85.2 Å². The van der Waals surface area contributed by atoms with Crippen molar-refractivity contribution in [3.8, 4) is 33.6 Å². The second-order valence-electron chi connectivity index (χ2n) is 15.2. The molecule has 0 fully saturated rings. The van der Waals surface area contributed by atoms with E-state index in [9.17, 15) is 0 Å².